The first-order chi connectivity index (χ1) is 5.83. The van der Waals surface area contributed by atoms with E-state index in [-0.39, 0.29) is 0 Å². The van der Waals surface area contributed by atoms with Crippen LogP contribution in [0, 0.1) is 11.3 Å². The Morgan fingerprint density at radius 3 is 3.00 bits per heavy atom. The van der Waals surface area contributed by atoms with Gasteiger partial charge in [-0.25, -0.2) is 0 Å². The van der Waals surface area contributed by atoms with E-state index < -0.39 is 0 Å². The predicted molar refractivity (Wildman–Crippen MR) is 49.3 cm³/mol. The molecule has 0 radical (unpaired) electrons. The van der Waals surface area contributed by atoms with Gasteiger partial charge in [-0.1, -0.05) is 0 Å². The Hall–Kier alpha value is -0.570. The predicted octanol–water partition coefficient (Wildman–Crippen LogP) is 1.88. The minimum absolute atomic E-state index is 0.417. The minimum atomic E-state index is 0.417. The molecule has 0 aromatic carbocycles. The Morgan fingerprint density at radius 1 is 1.75 bits per heavy atom. The van der Waals surface area contributed by atoms with Gasteiger partial charge in [0.25, 0.3) is 0 Å². The van der Waals surface area contributed by atoms with Crippen LogP contribution in [0.15, 0.2) is 4.21 Å². The average molecular weight is 200 g/mol. The zero-order chi connectivity index (χ0) is 8.97. The van der Waals surface area contributed by atoms with Crippen molar-refractivity contribution in [3.05, 3.63) is 11.3 Å². The van der Waals surface area contributed by atoms with Gasteiger partial charge >= 0.3 is 0 Å². The number of hydrogen-bond acceptors (Lipinski definition) is 5. The van der Waals surface area contributed by atoms with Crippen molar-refractivity contribution in [1.29, 1.82) is 5.26 Å². The highest BCUT2D eigenvalue weighted by molar-refractivity contribution is 8.00. The molecule has 0 saturated carbocycles. The van der Waals surface area contributed by atoms with Crippen LogP contribution in [0.2, 0.25) is 0 Å². The number of thioether (sulfide) groups is 1. The lowest BCUT2D eigenvalue weighted by atomic mass is 10.3. The van der Waals surface area contributed by atoms with E-state index in [1.165, 1.54) is 11.5 Å². The summed E-state index contributed by atoms with van der Waals surface area (Å²) in [7, 11) is 1.60. The largest absolute Gasteiger partial charge is 0.378 e. The summed E-state index contributed by atoms with van der Waals surface area (Å²) in [5.41, 5.74) is 1.41. The molecular formula is C7H8N2OS2. The van der Waals surface area contributed by atoms with E-state index in [1.807, 2.05) is 6.26 Å². The quantitative estimate of drug-likeness (QED) is 0.699. The van der Waals surface area contributed by atoms with Gasteiger partial charge in [0, 0.05) is 7.11 Å². The summed E-state index contributed by atoms with van der Waals surface area (Å²) in [5, 5.41) is 8.79. The Bertz CT molecular complexity index is 303. The van der Waals surface area contributed by atoms with Crippen molar-refractivity contribution in [1.82, 2.24) is 4.37 Å². The van der Waals surface area contributed by atoms with Gasteiger partial charge < -0.3 is 4.74 Å². The van der Waals surface area contributed by atoms with Crippen molar-refractivity contribution in [2.75, 3.05) is 13.4 Å². The van der Waals surface area contributed by atoms with Gasteiger partial charge in [0.05, 0.1) is 16.5 Å². The number of aromatic nitrogens is 1. The molecule has 0 amide bonds. The zero-order valence-corrected chi connectivity index (χ0v) is 8.46. The second kappa shape index (κ2) is 4.45. The molecule has 0 bridgehead atoms. The maximum absolute atomic E-state index is 8.79. The Morgan fingerprint density at radius 2 is 2.50 bits per heavy atom. The lowest BCUT2D eigenvalue weighted by Gasteiger charge is -1.93. The maximum Gasteiger partial charge on any atom is 0.103 e. The van der Waals surface area contributed by atoms with Crippen LogP contribution < -0.4 is 0 Å². The van der Waals surface area contributed by atoms with Gasteiger partial charge in [0.1, 0.15) is 11.6 Å². The highest BCUT2D eigenvalue weighted by atomic mass is 32.2. The van der Waals surface area contributed by atoms with Crippen LogP contribution in [0.3, 0.4) is 0 Å². The molecule has 1 aromatic rings. The standard InChI is InChI=1S/C7H8N2OS2/c1-10-4-6-5(3-8)7(11-2)12-9-6/h4H2,1-2H3. The second-order valence-electron chi connectivity index (χ2n) is 2.04. The van der Waals surface area contributed by atoms with E-state index in [0.717, 1.165) is 9.90 Å². The fourth-order valence-electron chi connectivity index (χ4n) is 0.790. The van der Waals surface area contributed by atoms with Crippen molar-refractivity contribution >= 4 is 23.3 Å². The Labute approximate surface area is 79.5 Å². The van der Waals surface area contributed by atoms with Crippen LogP contribution >= 0.6 is 23.3 Å². The van der Waals surface area contributed by atoms with Crippen LogP contribution in [-0.4, -0.2) is 17.7 Å². The number of ether oxygens (including phenoxy) is 1. The summed E-state index contributed by atoms with van der Waals surface area (Å²) in [6.45, 7) is 0.417. The summed E-state index contributed by atoms with van der Waals surface area (Å²) in [6.07, 6.45) is 1.94. The van der Waals surface area contributed by atoms with E-state index >= 15 is 0 Å². The number of methoxy groups -OCH3 is 1. The molecule has 0 aliphatic heterocycles. The molecule has 0 aliphatic rings. The van der Waals surface area contributed by atoms with Crippen molar-refractivity contribution in [2.24, 2.45) is 0 Å². The number of rotatable bonds is 3. The molecule has 1 aromatic heterocycles. The summed E-state index contributed by atoms with van der Waals surface area (Å²) < 4.78 is 10.00. The first-order valence-corrected chi connectivity index (χ1v) is 5.24. The number of nitriles is 1. The molecular weight excluding hydrogens is 192 g/mol. The zero-order valence-electron chi connectivity index (χ0n) is 6.83. The topological polar surface area (TPSA) is 45.9 Å². The van der Waals surface area contributed by atoms with Gasteiger partial charge in [-0.15, -0.1) is 11.8 Å². The van der Waals surface area contributed by atoms with Crippen molar-refractivity contribution in [2.45, 2.75) is 10.8 Å². The molecule has 0 spiro atoms. The molecule has 1 heterocycles. The van der Waals surface area contributed by atoms with Crippen LogP contribution in [0.5, 0.6) is 0 Å². The van der Waals surface area contributed by atoms with Gasteiger partial charge in [0.2, 0.25) is 0 Å². The van der Waals surface area contributed by atoms with Crippen molar-refractivity contribution < 1.29 is 4.74 Å². The molecule has 3 nitrogen and oxygen atoms in total. The summed E-state index contributed by atoms with van der Waals surface area (Å²) in [6, 6.07) is 2.13. The van der Waals surface area contributed by atoms with E-state index in [0.29, 0.717) is 12.2 Å². The van der Waals surface area contributed by atoms with E-state index in [4.69, 9.17) is 10.00 Å². The molecule has 64 valence electrons. The molecule has 5 heteroatoms. The van der Waals surface area contributed by atoms with E-state index in [1.54, 1.807) is 18.9 Å². The first kappa shape index (κ1) is 9.52. The Kier molecular flexibility index (Phi) is 3.53. The summed E-state index contributed by atoms with van der Waals surface area (Å²) >= 11 is 2.90. The average Bonchev–Trinajstić information content (AvgIpc) is 2.47. The third-order valence-electron chi connectivity index (χ3n) is 1.31. The molecule has 0 fully saturated rings. The smallest absolute Gasteiger partial charge is 0.103 e. The molecule has 0 aliphatic carbocycles. The molecule has 1 rings (SSSR count). The van der Waals surface area contributed by atoms with Gasteiger partial charge in [0.15, 0.2) is 0 Å². The fraction of sp³-hybridized carbons (Fsp3) is 0.429. The normalized spacial score (nSPS) is 9.75. The fourth-order valence-corrected chi connectivity index (χ4v) is 2.16. The number of nitrogens with zero attached hydrogens (tertiary/aromatic N) is 2. The summed E-state index contributed by atoms with van der Waals surface area (Å²) in [4.78, 5) is 0. The van der Waals surface area contributed by atoms with E-state index in [9.17, 15) is 0 Å². The van der Waals surface area contributed by atoms with Crippen molar-refractivity contribution in [3.8, 4) is 6.07 Å². The monoisotopic (exact) mass is 200 g/mol. The van der Waals surface area contributed by atoms with Crippen LogP contribution in [0.25, 0.3) is 0 Å². The molecule has 0 atom stereocenters. The first-order valence-electron chi connectivity index (χ1n) is 3.25. The second-order valence-corrected chi connectivity index (χ2v) is 3.89. The van der Waals surface area contributed by atoms with Crippen LogP contribution in [-0.2, 0) is 11.3 Å². The minimum Gasteiger partial charge on any atom is -0.378 e. The van der Waals surface area contributed by atoms with E-state index in [2.05, 4.69) is 10.4 Å². The molecule has 0 N–H and O–H groups in total. The van der Waals surface area contributed by atoms with Gasteiger partial charge in [-0.3, -0.25) is 0 Å². The highest BCUT2D eigenvalue weighted by Gasteiger charge is 2.11. The SMILES string of the molecule is COCc1nsc(SC)c1C#N. The van der Waals surface area contributed by atoms with Gasteiger partial charge in [-0.2, -0.15) is 9.64 Å². The lowest BCUT2D eigenvalue weighted by Crippen LogP contribution is -1.90. The molecule has 12 heavy (non-hydrogen) atoms. The third kappa shape index (κ3) is 1.78. The van der Waals surface area contributed by atoms with Gasteiger partial charge in [-0.05, 0) is 17.8 Å². The highest BCUT2D eigenvalue weighted by Crippen LogP contribution is 2.27. The molecule has 0 unspecified atom stereocenters. The lowest BCUT2D eigenvalue weighted by molar-refractivity contribution is 0.182. The maximum atomic E-state index is 8.79. The summed E-state index contributed by atoms with van der Waals surface area (Å²) in [5.74, 6) is 0. The Balaban J connectivity index is 2.99. The third-order valence-corrected chi connectivity index (χ3v) is 3.29. The molecule has 0 saturated heterocycles. The van der Waals surface area contributed by atoms with Crippen LogP contribution in [0.1, 0.15) is 11.3 Å². The van der Waals surface area contributed by atoms with Crippen LogP contribution in [0.4, 0.5) is 0 Å². The number of hydrogen-bond donors (Lipinski definition) is 0. The van der Waals surface area contributed by atoms with Crippen molar-refractivity contribution in [3.63, 3.8) is 0 Å².